The van der Waals surface area contributed by atoms with Gasteiger partial charge in [0.2, 0.25) is 0 Å². The SMILES string of the molecule is CC(C)(C)c1ccc(N(c2ccc(-c3ccccc3)cc2)c2ccc3c(c2)C(C)(C)c2cc(-c4ccc5c(c4)c4ccccc4n5-c4ccc5c(c4)C(c4ccccc4)(c4ccccc4)c4ccccc4-5)ccc2-3)cc1. The first kappa shape index (κ1) is 45.6. The van der Waals surface area contributed by atoms with Gasteiger partial charge >= 0.3 is 0 Å². The van der Waals surface area contributed by atoms with E-state index in [9.17, 15) is 0 Å². The fraction of sp³-hybridized carbons (Fsp3) is 0.108. The van der Waals surface area contributed by atoms with E-state index in [2.05, 4.69) is 305 Å². The summed E-state index contributed by atoms with van der Waals surface area (Å²) >= 11 is 0. The number of rotatable bonds is 8. The van der Waals surface area contributed by atoms with Crippen LogP contribution >= 0.6 is 0 Å². The number of hydrogen-bond donors (Lipinski definition) is 0. The van der Waals surface area contributed by atoms with Crippen molar-refractivity contribution in [3.8, 4) is 50.2 Å². The second kappa shape index (κ2) is 17.3. The molecule has 0 saturated carbocycles. The molecule has 2 aliphatic carbocycles. The number of nitrogens with zero attached hydrogens (tertiary/aromatic N) is 2. The molecule has 0 amide bonds. The lowest BCUT2D eigenvalue weighted by atomic mass is 9.67. The quantitative estimate of drug-likeness (QED) is 0.147. The van der Waals surface area contributed by atoms with Gasteiger partial charge in [-0.1, -0.05) is 223 Å². The Morgan fingerprint density at radius 2 is 0.829 bits per heavy atom. The van der Waals surface area contributed by atoms with E-state index in [0.29, 0.717) is 0 Å². The Morgan fingerprint density at radius 3 is 1.53 bits per heavy atom. The van der Waals surface area contributed by atoms with Crippen molar-refractivity contribution in [3.05, 3.63) is 300 Å². The molecule has 76 heavy (non-hydrogen) atoms. The van der Waals surface area contributed by atoms with Crippen molar-refractivity contribution < 1.29 is 0 Å². The van der Waals surface area contributed by atoms with Gasteiger partial charge in [-0.2, -0.15) is 0 Å². The molecule has 0 atom stereocenters. The van der Waals surface area contributed by atoms with Gasteiger partial charge in [0.25, 0.3) is 0 Å². The first-order valence-electron chi connectivity index (χ1n) is 26.8. The van der Waals surface area contributed by atoms with E-state index in [1.807, 2.05) is 0 Å². The molecule has 0 fully saturated rings. The molecule has 364 valence electrons. The van der Waals surface area contributed by atoms with Crippen LogP contribution in [0, 0.1) is 0 Å². The zero-order valence-electron chi connectivity index (χ0n) is 43.7. The van der Waals surface area contributed by atoms with Crippen molar-refractivity contribution in [2.45, 2.75) is 50.9 Å². The smallest absolute Gasteiger partial charge is 0.0714 e. The molecule has 2 heteroatoms. The monoisotopic (exact) mass is 974 g/mol. The Balaban J connectivity index is 0.852. The highest BCUT2D eigenvalue weighted by Crippen LogP contribution is 2.57. The summed E-state index contributed by atoms with van der Waals surface area (Å²) in [7, 11) is 0. The molecule has 1 aromatic heterocycles. The van der Waals surface area contributed by atoms with Crippen LogP contribution in [0.2, 0.25) is 0 Å². The number of para-hydroxylation sites is 1. The molecule has 11 aromatic carbocycles. The van der Waals surface area contributed by atoms with Gasteiger partial charge < -0.3 is 9.47 Å². The number of benzene rings is 11. The van der Waals surface area contributed by atoms with Crippen LogP contribution in [0.15, 0.2) is 261 Å². The third-order valence-corrected chi connectivity index (χ3v) is 16.8. The Bertz CT molecular complexity index is 4150. The summed E-state index contributed by atoms with van der Waals surface area (Å²) in [5.74, 6) is 0. The Hall–Kier alpha value is -8.98. The number of hydrogen-bond acceptors (Lipinski definition) is 1. The molecular weight excluding hydrogens is 917 g/mol. The van der Waals surface area contributed by atoms with Gasteiger partial charge in [-0.3, -0.25) is 0 Å². The molecule has 0 N–H and O–H groups in total. The Morgan fingerprint density at radius 1 is 0.342 bits per heavy atom. The van der Waals surface area contributed by atoms with Gasteiger partial charge in [0, 0.05) is 38.9 Å². The zero-order chi connectivity index (χ0) is 51.3. The summed E-state index contributed by atoms with van der Waals surface area (Å²) in [6, 6.07) is 97.5. The summed E-state index contributed by atoms with van der Waals surface area (Å²) in [5.41, 5.74) is 25.5. The highest BCUT2D eigenvalue weighted by Gasteiger charge is 2.46. The molecule has 0 radical (unpaired) electrons. The minimum atomic E-state index is -0.480. The molecule has 0 bridgehead atoms. The molecule has 0 spiro atoms. The molecule has 0 aliphatic heterocycles. The van der Waals surface area contributed by atoms with E-state index in [1.165, 1.54) is 105 Å². The lowest BCUT2D eigenvalue weighted by Gasteiger charge is -2.34. The van der Waals surface area contributed by atoms with E-state index in [4.69, 9.17) is 0 Å². The fourth-order valence-electron chi connectivity index (χ4n) is 13.0. The minimum absolute atomic E-state index is 0.0601. The Labute approximate surface area is 446 Å². The maximum atomic E-state index is 2.48. The molecular formula is C74H58N2. The first-order valence-corrected chi connectivity index (χ1v) is 26.8. The molecule has 14 rings (SSSR count). The molecule has 0 saturated heterocycles. The second-order valence-electron chi connectivity index (χ2n) is 22.5. The standard InChI is InChI=1S/C74H58N2/c1-72(2,3)53-33-37-57(38-34-53)75(56-35-29-50(30-36-56)49-19-9-6-10-20-49)58-39-42-62-61-41-31-52(46-67(61)73(4,5)68(62)47-58)51-32-44-71-65(45-51)64-26-16-18-28-70(64)76(71)59-40-43-63-60-25-15-17-27-66(60)74(69(63)48-59,54-21-11-7-12-22-54)55-23-13-8-14-24-55/h6-48H,1-5H3. The molecule has 2 nitrogen and oxygen atoms in total. The number of anilines is 3. The molecule has 2 aliphatic rings. The van der Waals surface area contributed by atoms with E-state index in [0.717, 1.165) is 22.7 Å². The Kier molecular flexibility index (Phi) is 10.4. The average Bonchev–Trinajstić information content (AvgIpc) is 4.15. The van der Waals surface area contributed by atoms with Gasteiger partial charge in [0.1, 0.15) is 0 Å². The number of aromatic nitrogens is 1. The van der Waals surface area contributed by atoms with Gasteiger partial charge in [0.05, 0.1) is 16.4 Å². The second-order valence-corrected chi connectivity index (χ2v) is 22.5. The van der Waals surface area contributed by atoms with Crippen molar-refractivity contribution >= 4 is 38.9 Å². The molecule has 0 unspecified atom stereocenters. The zero-order valence-corrected chi connectivity index (χ0v) is 43.7. The van der Waals surface area contributed by atoms with Crippen LogP contribution in [-0.4, -0.2) is 4.57 Å². The summed E-state index contributed by atoms with van der Waals surface area (Å²) in [6.07, 6.45) is 0. The summed E-state index contributed by atoms with van der Waals surface area (Å²) in [5, 5.41) is 2.49. The van der Waals surface area contributed by atoms with Crippen LogP contribution in [0.4, 0.5) is 17.1 Å². The highest BCUT2D eigenvalue weighted by atomic mass is 15.1. The molecule has 1 heterocycles. The molecule has 12 aromatic rings. The van der Waals surface area contributed by atoms with Crippen LogP contribution < -0.4 is 4.90 Å². The predicted molar refractivity (Wildman–Crippen MR) is 320 cm³/mol. The van der Waals surface area contributed by atoms with Crippen LogP contribution in [0.25, 0.3) is 72.0 Å². The van der Waals surface area contributed by atoms with Crippen LogP contribution in [0.5, 0.6) is 0 Å². The van der Waals surface area contributed by atoms with Crippen molar-refractivity contribution in [2.24, 2.45) is 0 Å². The van der Waals surface area contributed by atoms with E-state index < -0.39 is 5.41 Å². The van der Waals surface area contributed by atoms with E-state index in [-0.39, 0.29) is 10.8 Å². The van der Waals surface area contributed by atoms with Crippen LogP contribution in [0.3, 0.4) is 0 Å². The van der Waals surface area contributed by atoms with Gasteiger partial charge in [-0.05, 0) is 162 Å². The normalized spacial score (nSPS) is 13.8. The van der Waals surface area contributed by atoms with Crippen molar-refractivity contribution in [1.29, 1.82) is 0 Å². The lowest BCUT2D eigenvalue weighted by Crippen LogP contribution is -2.28. The van der Waals surface area contributed by atoms with Gasteiger partial charge in [0.15, 0.2) is 0 Å². The summed E-state index contributed by atoms with van der Waals surface area (Å²) in [4.78, 5) is 2.42. The van der Waals surface area contributed by atoms with E-state index in [1.54, 1.807) is 0 Å². The van der Waals surface area contributed by atoms with Crippen molar-refractivity contribution in [2.75, 3.05) is 4.90 Å². The summed E-state index contributed by atoms with van der Waals surface area (Å²) < 4.78 is 2.48. The van der Waals surface area contributed by atoms with Crippen LogP contribution in [-0.2, 0) is 16.2 Å². The maximum Gasteiger partial charge on any atom is 0.0714 e. The highest BCUT2D eigenvalue weighted by molar-refractivity contribution is 6.10. The van der Waals surface area contributed by atoms with E-state index >= 15 is 0 Å². The number of fused-ring (bicyclic) bond motifs is 9. The largest absolute Gasteiger partial charge is 0.310 e. The van der Waals surface area contributed by atoms with Crippen molar-refractivity contribution in [1.82, 2.24) is 4.57 Å². The topological polar surface area (TPSA) is 8.17 Å². The van der Waals surface area contributed by atoms with Crippen molar-refractivity contribution in [3.63, 3.8) is 0 Å². The fourth-order valence-corrected chi connectivity index (χ4v) is 13.0. The average molecular weight is 975 g/mol. The third kappa shape index (κ3) is 7.01. The van der Waals surface area contributed by atoms with Gasteiger partial charge in [-0.25, -0.2) is 0 Å². The lowest BCUT2D eigenvalue weighted by molar-refractivity contribution is 0.590. The van der Waals surface area contributed by atoms with Crippen LogP contribution in [0.1, 0.15) is 73.6 Å². The first-order chi connectivity index (χ1) is 37.1. The maximum absolute atomic E-state index is 2.48. The minimum Gasteiger partial charge on any atom is -0.310 e. The predicted octanol–water partition coefficient (Wildman–Crippen LogP) is 19.6. The third-order valence-electron chi connectivity index (χ3n) is 16.8. The summed E-state index contributed by atoms with van der Waals surface area (Å²) in [6.45, 7) is 11.6. The van der Waals surface area contributed by atoms with Gasteiger partial charge in [-0.15, -0.1) is 0 Å².